The molecule has 3 amide bonds. The predicted molar refractivity (Wildman–Crippen MR) is 160 cm³/mol. The summed E-state index contributed by atoms with van der Waals surface area (Å²) in [6.07, 6.45) is 5.62. The van der Waals surface area contributed by atoms with Crippen LogP contribution in [-0.4, -0.2) is 82.2 Å². The highest BCUT2D eigenvalue weighted by molar-refractivity contribution is 7.84. The van der Waals surface area contributed by atoms with Crippen molar-refractivity contribution >= 4 is 41.2 Å². The third-order valence-electron chi connectivity index (χ3n) is 6.72. The third-order valence-corrected chi connectivity index (χ3v) is 8.02. The van der Waals surface area contributed by atoms with Gasteiger partial charge >= 0.3 is 12.1 Å². The lowest BCUT2D eigenvalue weighted by Crippen LogP contribution is -2.60. The zero-order valence-corrected chi connectivity index (χ0v) is 26.4. The van der Waals surface area contributed by atoms with Crippen LogP contribution in [0.5, 0.6) is 0 Å². The van der Waals surface area contributed by atoms with Gasteiger partial charge in [0.25, 0.3) is 6.47 Å². The molecule has 0 bridgehead atoms. The zero-order chi connectivity index (χ0) is 30.5. The summed E-state index contributed by atoms with van der Waals surface area (Å²) in [5, 5.41) is 2.78. The van der Waals surface area contributed by atoms with Crippen molar-refractivity contribution in [3.8, 4) is 0 Å². The van der Waals surface area contributed by atoms with Gasteiger partial charge in [0.15, 0.2) is 0 Å². The Morgan fingerprint density at radius 2 is 1.56 bits per heavy atom. The van der Waals surface area contributed by atoms with Crippen LogP contribution in [0.3, 0.4) is 0 Å². The number of nitrogens with zero attached hydrogens (tertiary/aromatic N) is 3. The molecular formula is C29H45N5O6S. The lowest BCUT2D eigenvalue weighted by atomic mass is 9.99. The van der Waals surface area contributed by atoms with E-state index in [9.17, 15) is 18.6 Å². The number of carbonyl (C=O) groups excluding carboxylic acids is 3. The molecule has 0 spiro atoms. The average Bonchev–Trinajstić information content (AvgIpc) is 3.45. The molecule has 228 valence electrons. The van der Waals surface area contributed by atoms with Crippen LogP contribution in [0.4, 0.5) is 15.3 Å². The molecule has 1 aliphatic heterocycles. The number of rotatable bonds is 4. The first-order valence-electron chi connectivity index (χ1n) is 14.1. The van der Waals surface area contributed by atoms with Crippen LogP contribution in [0.2, 0.25) is 0 Å². The van der Waals surface area contributed by atoms with E-state index in [0.29, 0.717) is 25.5 Å². The molecule has 1 aromatic rings. The topological polar surface area (TPSA) is 130 Å². The van der Waals surface area contributed by atoms with E-state index in [0.717, 1.165) is 44.2 Å². The molecule has 1 aromatic carbocycles. The Bertz CT molecular complexity index is 1160. The smallest absolute Gasteiger partial charge is 0.437 e. The molecule has 0 aromatic heterocycles. The minimum Gasteiger partial charge on any atom is -0.462 e. The number of benzene rings is 1. The van der Waals surface area contributed by atoms with Gasteiger partial charge in [0.05, 0.1) is 5.25 Å². The van der Waals surface area contributed by atoms with E-state index in [1.807, 2.05) is 25.7 Å². The molecule has 1 fully saturated rings. The SMILES string of the molecule is CC(C)(C)OC=O.CN(C)/C(=N\C(=O)OC(C)(C)C)N1CC(S(=O)NC(=O)Nc2c3c(cc4c2CCC4)CCC3)C1. The van der Waals surface area contributed by atoms with Crippen LogP contribution in [0.25, 0.3) is 0 Å². The van der Waals surface area contributed by atoms with E-state index in [2.05, 4.69) is 25.8 Å². The molecule has 11 nitrogen and oxygen atoms in total. The number of anilines is 1. The predicted octanol–water partition coefficient (Wildman–Crippen LogP) is 3.94. The summed E-state index contributed by atoms with van der Waals surface area (Å²) in [7, 11) is 2.02. The molecule has 2 N–H and O–H groups in total. The minimum absolute atomic E-state index is 0.248. The van der Waals surface area contributed by atoms with Gasteiger partial charge in [-0.2, -0.15) is 0 Å². The zero-order valence-electron chi connectivity index (χ0n) is 25.6. The van der Waals surface area contributed by atoms with E-state index >= 15 is 0 Å². The van der Waals surface area contributed by atoms with E-state index < -0.39 is 28.7 Å². The monoisotopic (exact) mass is 591 g/mol. The number of fused-ring (bicyclic) bond motifs is 2. The number of nitrogens with one attached hydrogen (secondary N) is 2. The van der Waals surface area contributed by atoms with Crippen LogP contribution in [-0.2, 0) is 50.9 Å². The molecule has 1 heterocycles. The largest absolute Gasteiger partial charge is 0.462 e. The Morgan fingerprint density at radius 1 is 1.00 bits per heavy atom. The van der Waals surface area contributed by atoms with Gasteiger partial charge in [0.1, 0.15) is 22.2 Å². The fourth-order valence-electron chi connectivity index (χ4n) is 4.98. The highest BCUT2D eigenvalue weighted by atomic mass is 32.2. The number of aryl methyl sites for hydroxylation is 2. The highest BCUT2D eigenvalue weighted by Crippen LogP contribution is 2.38. The van der Waals surface area contributed by atoms with Gasteiger partial charge in [0.2, 0.25) is 5.96 Å². The van der Waals surface area contributed by atoms with Gasteiger partial charge in [-0.3, -0.25) is 9.52 Å². The lowest BCUT2D eigenvalue weighted by Gasteiger charge is -2.41. The standard InChI is InChI=1S/C24H35N5O4S.C5H10O2/c1-24(2,3)33-23(31)26-22(28(4)5)29-13-17(14-29)34(32)27-21(30)25-20-18-10-6-8-15(18)12-16-9-7-11-19(16)20;1-5(2,3)7-4-6/h12,17H,6-11,13-14H2,1-5H3,(H2,25,27,30);4H,1-3H3/b26-22+;. The second-order valence-corrected chi connectivity index (χ2v) is 14.2. The molecule has 4 rings (SSSR count). The van der Waals surface area contributed by atoms with Crippen molar-refractivity contribution in [3.63, 3.8) is 0 Å². The van der Waals surface area contributed by atoms with Crippen molar-refractivity contribution in [2.45, 2.75) is 96.5 Å². The van der Waals surface area contributed by atoms with Crippen LogP contribution in [0.15, 0.2) is 11.1 Å². The number of hydrogen-bond acceptors (Lipinski definition) is 6. The lowest BCUT2D eigenvalue weighted by molar-refractivity contribution is -0.138. The Balaban J connectivity index is 0.000000587. The Morgan fingerprint density at radius 3 is 2.00 bits per heavy atom. The maximum absolute atomic E-state index is 12.8. The van der Waals surface area contributed by atoms with Crippen molar-refractivity contribution in [2.24, 2.45) is 4.99 Å². The number of urea groups is 1. The molecule has 41 heavy (non-hydrogen) atoms. The summed E-state index contributed by atoms with van der Waals surface area (Å²) >= 11 is 0. The van der Waals surface area contributed by atoms with Crippen molar-refractivity contribution in [3.05, 3.63) is 28.3 Å². The first kappa shape index (κ1) is 32.4. The molecule has 1 saturated heterocycles. The first-order valence-corrected chi connectivity index (χ1v) is 15.3. The Kier molecular flexibility index (Phi) is 10.4. The maximum atomic E-state index is 12.8. The Hall–Kier alpha value is -3.15. The quantitative estimate of drug-likeness (QED) is 0.306. The number of aliphatic imine (C=N–C) groups is 1. The summed E-state index contributed by atoms with van der Waals surface area (Å²) in [5.74, 6) is 0.447. The maximum Gasteiger partial charge on any atom is 0.437 e. The van der Waals surface area contributed by atoms with E-state index in [1.165, 1.54) is 22.3 Å². The number of amides is 3. The molecule has 3 aliphatic rings. The third kappa shape index (κ3) is 9.17. The van der Waals surface area contributed by atoms with Crippen molar-refractivity contribution in [1.82, 2.24) is 14.5 Å². The molecular weight excluding hydrogens is 546 g/mol. The molecule has 1 atom stereocenters. The fourth-order valence-corrected chi connectivity index (χ4v) is 6.01. The van der Waals surface area contributed by atoms with Crippen LogP contribution < -0.4 is 10.0 Å². The van der Waals surface area contributed by atoms with Gasteiger partial charge in [0, 0.05) is 32.9 Å². The van der Waals surface area contributed by atoms with Crippen LogP contribution >= 0.6 is 0 Å². The van der Waals surface area contributed by atoms with Gasteiger partial charge < -0.3 is 24.6 Å². The molecule has 0 radical (unpaired) electrons. The molecule has 0 saturated carbocycles. The summed E-state index contributed by atoms with van der Waals surface area (Å²) in [6.45, 7) is 12.1. The summed E-state index contributed by atoms with van der Waals surface area (Å²) in [5.41, 5.74) is 5.15. The van der Waals surface area contributed by atoms with E-state index in [1.54, 1.807) is 39.8 Å². The first-order chi connectivity index (χ1) is 19.1. The van der Waals surface area contributed by atoms with Gasteiger partial charge in [-0.05, 0) is 102 Å². The summed E-state index contributed by atoms with van der Waals surface area (Å²) in [4.78, 5) is 42.1. The van der Waals surface area contributed by atoms with Crippen LogP contribution in [0, 0.1) is 0 Å². The van der Waals surface area contributed by atoms with Gasteiger partial charge in [-0.25, -0.2) is 13.8 Å². The Labute approximate surface area is 246 Å². The minimum atomic E-state index is -1.55. The second kappa shape index (κ2) is 13.2. The van der Waals surface area contributed by atoms with Crippen molar-refractivity contribution in [1.29, 1.82) is 0 Å². The average molecular weight is 592 g/mol. The molecule has 2 aliphatic carbocycles. The van der Waals surface area contributed by atoms with Crippen molar-refractivity contribution in [2.75, 3.05) is 32.5 Å². The number of carbonyl (C=O) groups is 3. The summed E-state index contributed by atoms with van der Waals surface area (Å²) < 4.78 is 25.3. The molecule has 1 unspecified atom stereocenters. The second-order valence-electron chi connectivity index (χ2n) is 12.7. The van der Waals surface area contributed by atoms with Crippen LogP contribution in [0.1, 0.15) is 76.6 Å². The number of guanidine groups is 1. The van der Waals surface area contributed by atoms with Crippen molar-refractivity contribution < 1.29 is 28.1 Å². The number of likely N-dealkylation sites (tertiary alicyclic amines) is 1. The van der Waals surface area contributed by atoms with E-state index in [-0.39, 0.29) is 10.9 Å². The number of ether oxygens (including phenoxy) is 2. The van der Waals surface area contributed by atoms with Gasteiger partial charge in [-0.15, -0.1) is 4.99 Å². The van der Waals surface area contributed by atoms with Gasteiger partial charge in [-0.1, -0.05) is 6.07 Å². The molecule has 12 heteroatoms. The normalized spacial score (nSPS) is 17.3. The fraction of sp³-hybridized carbons (Fsp3) is 0.655. The van der Waals surface area contributed by atoms with E-state index in [4.69, 9.17) is 4.74 Å². The summed E-state index contributed by atoms with van der Waals surface area (Å²) in [6, 6.07) is 1.89. The number of hydrogen-bond donors (Lipinski definition) is 2. The highest BCUT2D eigenvalue weighted by Gasteiger charge is 2.36.